The molecule has 0 aromatic heterocycles. The number of aliphatic carboxylic acids is 1. The second-order valence-electron chi connectivity index (χ2n) is 5.39. The van der Waals surface area contributed by atoms with Crippen molar-refractivity contribution in [2.75, 3.05) is 0 Å². The lowest BCUT2D eigenvalue weighted by Crippen LogP contribution is -2.21. The van der Waals surface area contributed by atoms with Crippen LogP contribution < -0.4 is 0 Å². The predicted molar refractivity (Wildman–Crippen MR) is 79.1 cm³/mol. The zero-order chi connectivity index (χ0) is 15.6. The third-order valence-electron chi connectivity index (χ3n) is 3.81. The van der Waals surface area contributed by atoms with Crippen LogP contribution in [0.4, 0.5) is 0 Å². The molecule has 2 rings (SSSR count). The number of benzene rings is 1. The van der Waals surface area contributed by atoms with E-state index in [-0.39, 0.29) is 18.0 Å². The summed E-state index contributed by atoms with van der Waals surface area (Å²) in [5.74, 6) is -1.64. The second-order valence-corrected chi connectivity index (χ2v) is 5.39. The first kappa shape index (κ1) is 15.0. The fourth-order valence-electron chi connectivity index (χ4n) is 2.54. The number of carboxylic acids is 1. The van der Waals surface area contributed by atoms with Crippen molar-refractivity contribution in [1.82, 2.24) is 0 Å². The summed E-state index contributed by atoms with van der Waals surface area (Å²) in [4.78, 5) is 23.2. The SMILES string of the molecule is C=C1C(CC(C)C(=O)O)=CCC(=O)C1c1ccc(O)cc1. The van der Waals surface area contributed by atoms with E-state index in [1.807, 2.05) is 0 Å². The number of carboxylic acid groups (broad SMARTS) is 1. The highest BCUT2D eigenvalue weighted by molar-refractivity contribution is 5.93. The van der Waals surface area contributed by atoms with Crippen molar-refractivity contribution in [3.05, 3.63) is 53.6 Å². The molecule has 2 N–H and O–H groups in total. The molecule has 0 heterocycles. The van der Waals surface area contributed by atoms with Crippen LogP contribution in [0.3, 0.4) is 0 Å². The smallest absolute Gasteiger partial charge is 0.306 e. The lowest BCUT2D eigenvalue weighted by atomic mass is 9.77. The van der Waals surface area contributed by atoms with Crippen molar-refractivity contribution in [2.45, 2.75) is 25.7 Å². The number of hydrogen-bond donors (Lipinski definition) is 2. The van der Waals surface area contributed by atoms with Crippen LogP contribution in [0.2, 0.25) is 0 Å². The molecule has 1 aromatic carbocycles. The number of allylic oxidation sites excluding steroid dienone is 3. The third-order valence-corrected chi connectivity index (χ3v) is 3.81. The minimum absolute atomic E-state index is 0.0393. The summed E-state index contributed by atoms with van der Waals surface area (Å²) in [6.45, 7) is 5.64. The number of aromatic hydroxyl groups is 1. The Morgan fingerprint density at radius 1 is 1.38 bits per heavy atom. The van der Waals surface area contributed by atoms with Gasteiger partial charge < -0.3 is 10.2 Å². The minimum Gasteiger partial charge on any atom is -0.508 e. The van der Waals surface area contributed by atoms with Gasteiger partial charge in [0.1, 0.15) is 11.5 Å². The summed E-state index contributed by atoms with van der Waals surface area (Å²) < 4.78 is 0. The maximum Gasteiger partial charge on any atom is 0.306 e. The molecule has 4 nitrogen and oxygen atoms in total. The molecule has 0 aliphatic heterocycles. The first-order chi connectivity index (χ1) is 9.90. The Balaban J connectivity index is 2.26. The van der Waals surface area contributed by atoms with Crippen molar-refractivity contribution in [3.8, 4) is 5.75 Å². The molecular weight excluding hydrogens is 268 g/mol. The molecule has 0 saturated heterocycles. The van der Waals surface area contributed by atoms with Crippen LogP contribution in [0.25, 0.3) is 0 Å². The van der Waals surface area contributed by atoms with E-state index in [0.717, 1.165) is 11.1 Å². The van der Waals surface area contributed by atoms with Crippen LogP contribution in [0.1, 0.15) is 31.2 Å². The van der Waals surface area contributed by atoms with Crippen LogP contribution in [0.5, 0.6) is 5.75 Å². The maximum absolute atomic E-state index is 12.2. The lowest BCUT2D eigenvalue weighted by Gasteiger charge is -2.26. The quantitative estimate of drug-likeness (QED) is 0.892. The summed E-state index contributed by atoms with van der Waals surface area (Å²) in [6, 6.07) is 6.47. The van der Waals surface area contributed by atoms with Gasteiger partial charge in [-0.1, -0.05) is 31.7 Å². The molecule has 0 amide bonds. The monoisotopic (exact) mass is 286 g/mol. The molecule has 1 aromatic rings. The van der Waals surface area contributed by atoms with Gasteiger partial charge in [-0.3, -0.25) is 9.59 Å². The second kappa shape index (κ2) is 5.95. The first-order valence-corrected chi connectivity index (χ1v) is 6.82. The van der Waals surface area contributed by atoms with E-state index in [2.05, 4.69) is 6.58 Å². The van der Waals surface area contributed by atoms with Gasteiger partial charge in [0.2, 0.25) is 0 Å². The molecule has 0 spiro atoms. The molecule has 21 heavy (non-hydrogen) atoms. The lowest BCUT2D eigenvalue weighted by molar-refractivity contribution is -0.141. The molecule has 0 bridgehead atoms. The van der Waals surface area contributed by atoms with Crippen LogP contribution >= 0.6 is 0 Å². The largest absolute Gasteiger partial charge is 0.508 e. The molecular formula is C17H18O4. The molecule has 0 fully saturated rings. The van der Waals surface area contributed by atoms with E-state index in [4.69, 9.17) is 5.11 Å². The van der Waals surface area contributed by atoms with Crippen molar-refractivity contribution in [2.24, 2.45) is 5.92 Å². The topological polar surface area (TPSA) is 74.6 Å². The average Bonchev–Trinajstić information content (AvgIpc) is 2.44. The van der Waals surface area contributed by atoms with Crippen LogP contribution in [0, 0.1) is 5.92 Å². The van der Waals surface area contributed by atoms with Gasteiger partial charge in [-0.05, 0) is 35.3 Å². The minimum atomic E-state index is -0.859. The zero-order valence-electron chi connectivity index (χ0n) is 11.9. The van der Waals surface area contributed by atoms with Gasteiger partial charge in [0.05, 0.1) is 11.8 Å². The predicted octanol–water partition coefficient (Wildman–Crippen LogP) is 3.04. The van der Waals surface area contributed by atoms with E-state index in [1.54, 1.807) is 25.1 Å². The van der Waals surface area contributed by atoms with Gasteiger partial charge in [-0.15, -0.1) is 0 Å². The molecule has 0 saturated carbocycles. The molecule has 1 aliphatic carbocycles. The first-order valence-electron chi connectivity index (χ1n) is 6.82. The molecule has 0 radical (unpaired) electrons. The van der Waals surface area contributed by atoms with E-state index in [0.29, 0.717) is 12.0 Å². The summed E-state index contributed by atoms with van der Waals surface area (Å²) in [5, 5.41) is 18.3. The molecule has 1 aliphatic rings. The van der Waals surface area contributed by atoms with Gasteiger partial charge >= 0.3 is 5.97 Å². The summed E-state index contributed by atoms with van der Waals surface area (Å²) in [6.07, 6.45) is 2.43. The number of phenols is 1. The normalized spacial score (nSPS) is 20.0. The maximum atomic E-state index is 12.2. The standard InChI is InChI=1S/C17H18O4/c1-10(17(20)21)9-13-5-8-15(19)16(11(13)2)12-3-6-14(18)7-4-12/h3-7,10,16,18H,2,8-9H2,1H3,(H,20,21). The highest BCUT2D eigenvalue weighted by atomic mass is 16.4. The molecule has 2 atom stereocenters. The molecule has 110 valence electrons. The van der Waals surface area contributed by atoms with Crippen molar-refractivity contribution >= 4 is 11.8 Å². The number of hydrogen-bond acceptors (Lipinski definition) is 3. The summed E-state index contributed by atoms with van der Waals surface area (Å²) in [5.41, 5.74) is 2.27. The summed E-state index contributed by atoms with van der Waals surface area (Å²) >= 11 is 0. The van der Waals surface area contributed by atoms with E-state index in [9.17, 15) is 14.7 Å². The fourth-order valence-corrected chi connectivity index (χ4v) is 2.54. The summed E-state index contributed by atoms with van der Waals surface area (Å²) in [7, 11) is 0. The van der Waals surface area contributed by atoms with Gasteiger partial charge in [0, 0.05) is 6.42 Å². The number of ketones is 1. The van der Waals surface area contributed by atoms with Crippen LogP contribution in [-0.4, -0.2) is 22.0 Å². The van der Waals surface area contributed by atoms with Crippen molar-refractivity contribution in [3.63, 3.8) is 0 Å². The van der Waals surface area contributed by atoms with E-state index >= 15 is 0 Å². The fraction of sp³-hybridized carbons (Fsp3) is 0.294. The Morgan fingerprint density at radius 3 is 2.57 bits per heavy atom. The van der Waals surface area contributed by atoms with Crippen LogP contribution in [-0.2, 0) is 9.59 Å². The van der Waals surface area contributed by atoms with Crippen molar-refractivity contribution in [1.29, 1.82) is 0 Å². The number of carbonyl (C=O) groups excluding carboxylic acids is 1. The zero-order valence-corrected chi connectivity index (χ0v) is 11.9. The third kappa shape index (κ3) is 3.21. The van der Waals surface area contributed by atoms with Crippen LogP contribution in [0.15, 0.2) is 48.1 Å². The Kier molecular flexibility index (Phi) is 4.26. The Morgan fingerprint density at radius 2 is 2.00 bits per heavy atom. The number of Topliss-reactive ketones (excluding diaryl/α,β-unsaturated/α-hetero) is 1. The highest BCUT2D eigenvalue weighted by Gasteiger charge is 2.29. The van der Waals surface area contributed by atoms with Gasteiger partial charge in [0.25, 0.3) is 0 Å². The Bertz CT molecular complexity index is 610. The van der Waals surface area contributed by atoms with E-state index in [1.165, 1.54) is 12.1 Å². The van der Waals surface area contributed by atoms with Gasteiger partial charge in [-0.2, -0.15) is 0 Å². The number of phenolic OH excluding ortho intramolecular Hbond substituents is 1. The molecule has 2 unspecified atom stereocenters. The van der Waals surface area contributed by atoms with Crippen molar-refractivity contribution < 1.29 is 19.8 Å². The average molecular weight is 286 g/mol. The van der Waals surface area contributed by atoms with Gasteiger partial charge in [-0.25, -0.2) is 0 Å². The Hall–Kier alpha value is -2.36. The number of rotatable bonds is 4. The number of carbonyl (C=O) groups is 2. The highest BCUT2D eigenvalue weighted by Crippen LogP contribution is 2.37. The van der Waals surface area contributed by atoms with E-state index < -0.39 is 17.8 Å². The Labute approximate surface area is 123 Å². The van der Waals surface area contributed by atoms with Gasteiger partial charge in [0.15, 0.2) is 0 Å². The molecule has 4 heteroatoms.